The minimum atomic E-state index is 0.979. The van der Waals surface area contributed by atoms with Gasteiger partial charge in [-0.2, -0.15) is 0 Å². The van der Waals surface area contributed by atoms with Crippen molar-refractivity contribution in [3.63, 3.8) is 0 Å². The smallest absolute Gasteiger partial charge is 0.0445 e. The predicted octanol–water partition coefficient (Wildman–Crippen LogP) is 0.827. The van der Waals surface area contributed by atoms with Gasteiger partial charge in [-0.05, 0) is 13.5 Å². The third-order valence-electron chi connectivity index (χ3n) is 1.14. The van der Waals surface area contributed by atoms with Crippen LogP contribution in [0.4, 0.5) is 0 Å². The molecular formula is C5H10NS. The Hall–Kier alpha value is 0.310. The fourth-order valence-corrected chi connectivity index (χ4v) is 1.66. The number of hydrogen-bond acceptors (Lipinski definition) is 2. The number of nitrogens with zero attached hydrogens (tertiary/aromatic N) is 1. The van der Waals surface area contributed by atoms with Crippen LogP contribution < -0.4 is 0 Å². The normalized spacial score (nSPS) is 23.6. The van der Waals surface area contributed by atoms with Crippen LogP contribution in [-0.4, -0.2) is 29.6 Å². The quantitative estimate of drug-likeness (QED) is 0.499. The van der Waals surface area contributed by atoms with E-state index in [1.54, 1.807) is 0 Å². The first-order valence-corrected chi connectivity index (χ1v) is 3.68. The first-order valence-electron chi connectivity index (χ1n) is 2.53. The van der Waals surface area contributed by atoms with Crippen LogP contribution in [0.1, 0.15) is 0 Å². The summed E-state index contributed by atoms with van der Waals surface area (Å²) in [6.07, 6.45) is 0. The fraction of sp³-hybridized carbons (Fsp3) is 0.800. The maximum absolute atomic E-state index is 3.78. The van der Waals surface area contributed by atoms with Gasteiger partial charge in [0.2, 0.25) is 0 Å². The van der Waals surface area contributed by atoms with Gasteiger partial charge in [0.15, 0.2) is 0 Å². The fourth-order valence-electron chi connectivity index (χ4n) is 0.628. The second-order valence-electron chi connectivity index (χ2n) is 1.66. The molecule has 2 heteroatoms. The van der Waals surface area contributed by atoms with E-state index in [0.29, 0.717) is 0 Å². The van der Waals surface area contributed by atoms with Gasteiger partial charge in [0.1, 0.15) is 0 Å². The van der Waals surface area contributed by atoms with Crippen molar-refractivity contribution in [3.05, 3.63) is 6.92 Å². The third-order valence-corrected chi connectivity index (χ3v) is 2.16. The van der Waals surface area contributed by atoms with Crippen molar-refractivity contribution in [2.45, 2.75) is 0 Å². The van der Waals surface area contributed by atoms with Crippen molar-refractivity contribution in [1.29, 1.82) is 0 Å². The molecular weight excluding hydrogens is 106 g/mol. The highest BCUT2D eigenvalue weighted by Gasteiger charge is 2.07. The summed E-state index contributed by atoms with van der Waals surface area (Å²) >= 11 is 1.99. The molecule has 1 fully saturated rings. The zero-order valence-corrected chi connectivity index (χ0v) is 5.21. The van der Waals surface area contributed by atoms with Crippen LogP contribution in [0.5, 0.6) is 0 Å². The van der Waals surface area contributed by atoms with Crippen LogP contribution in [0.15, 0.2) is 0 Å². The largest absolute Gasteiger partial charge is 0.293 e. The summed E-state index contributed by atoms with van der Waals surface area (Å²) in [6, 6.07) is 0. The topological polar surface area (TPSA) is 3.24 Å². The Morgan fingerprint density at radius 2 is 2.57 bits per heavy atom. The van der Waals surface area contributed by atoms with Gasteiger partial charge in [0, 0.05) is 18.2 Å². The van der Waals surface area contributed by atoms with Gasteiger partial charge in [-0.3, -0.25) is 4.90 Å². The molecule has 0 unspecified atom stereocenters. The van der Waals surface area contributed by atoms with E-state index in [2.05, 4.69) is 11.8 Å². The number of thioether (sulfide) groups is 1. The average Bonchev–Trinajstić information content (AvgIpc) is 2.14. The molecule has 1 nitrogen and oxygen atoms in total. The van der Waals surface area contributed by atoms with Crippen LogP contribution in [-0.2, 0) is 0 Å². The van der Waals surface area contributed by atoms with E-state index in [1.807, 2.05) is 11.8 Å². The Labute approximate surface area is 49.1 Å². The predicted molar refractivity (Wildman–Crippen MR) is 34.3 cm³/mol. The monoisotopic (exact) mass is 116 g/mol. The first-order chi connectivity index (χ1) is 3.43. The molecule has 1 radical (unpaired) electrons. The molecule has 41 valence electrons. The lowest BCUT2D eigenvalue weighted by Gasteiger charge is -2.07. The minimum absolute atomic E-state index is 0.979. The van der Waals surface area contributed by atoms with E-state index < -0.39 is 0 Å². The summed E-state index contributed by atoms with van der Waals surface area (Å²) in [5.74, 6) is 2.50. The van der Waals surface area contributed by atoms with E-state index in [-0.39, 0.29) is 0 Å². The van der Waals surface area contributed by atoms with Crippen LogP contribution in [0.2, 0.25) is 0 Å². The van der Waals surface area contributed by atoms with Crippen molar-refractivity contribution < 1.29 is 0 Å². The van der Waals surface area contributed by atoms with E-state index in [0.717, 1.165) is 6.54 Å². The summed E-state index contributed by atoms with van der Waals surface area (Å²) in [5, 5.41) is 0. The molecule has 1 rings (SSSR count). The zero-order chi connectivity index (χ0) is 5.11. The molecule has 1 saturated heterocycles. The third kappa shape index (κ3) is 1.35. The number of hydrogen-bond donors (Lipinski definition) is 0. The Kier molecular flexibility index (Phi) is 2.00. The molecule has 0 amide bonds. The summed E-state index contributed by atoms with van der Waals surface area (Å²) in [4.78, 5) is 2.34. The standard InChI is InChI=1S/C5H10NS/c1-2-6-3-4-7-5-6/h1-5H2. The highest BCUT2D eigenvalue weighted by atomic mass is 32.2. The summed E-state index contributed by atoms with van der Waals surface area (Å²) in [5.41, 5.74) is 0. The highest BCUT2D eigenvalue weighted by Crippen LogP contribution is 2.11. The molecule has 1 aliphatic heterocycles. The lowest BCUT2D eigenvalue weighted by Crippen LogP contribution is -2.18. The van der Waals surface area contributed by atoms with E-state index in [9.17, 15) is 0 Å². The van der Waals surface area contributed by atoms with Crippen LogP contribution >= 0.6 is 11.8 Å². The minimum Gasteiger partial charge on any atom is -0.293 e. The SMILES string of the molecule is [CH2]CN1CCSC1. The van der Waals surface area contributed by atoms with Gasteiger partial charge < -0.3 is 0 Å². The first kappa shape index (κ1) is 5.45. The molecule has 0 aliphatic carbocycles. The zero-order valence-electron chi connectivity index (χ0n) is 4.39. The lowest BCUT2D eigenvalue weighted by atomic mass is 10.6. The second-order valence-corrected chi connectivity index (χ2v) is 2.73. The van der Waals surface area contributed by atoms with Gasteiger partial charge >= 0.3 is 0 Å². The summed E-state index contributed by atoms with van der Waals surface area (Å²) < 4.78 is 0. The van der Waals surface area contributed by atoms with Crippen molar-refractivity contribution in [2.75, 3.05) is 24.7 Å². The maximum atomic E-state index is 3.78. The average molecular weight is 116 g/mol. The van der Waals surface area contributed by atoms with Gasteiger partial charge in [-0.15, -0.1) is 11.8 Å². The van der Waals surface area contributed by atoms with Crippen molar-refractivity contribution in [2.24, 2.45) is 0 Å². The molecule has 7 heavy (non-hydrogen) atoms. The molecule has 1 aliphatic rings. The van der Waals surface area contributed by atoms with Crippen LogP contribution in [0.25, 0.3) is 0 Å². The molecule has 0 N–H and O–H groups in total. The Bertz CT molecular complexity index is 50.0. The van der Waals surface area contributed by atoms with E-state index in [4.69, 9.17) is 0 Å². The molecule has 0 saturated carbocycles. The summed E-state index contributed by atoms with van der Waals surface area (Å²) in [7, 11) is 0. The maximum Gasteiger partial charge on any atom is 0.0445 e. The molecule has 0 atom stereocenters. The Morgan fingerprint density at radius 3 is 2.86 bits per heavy atom. The van der Waals surface area contributed by atoms with Crippen molar-refractivity contribution in [3.8, 4) is 0 Å². The Balaban J connectivity index is 2.14. The molecule has 0 spiro atoms. The molecule has 0 aromatic carbocycles. The lowest BCUT2D eigenvalue weighted by molar-refractivity contribution is 0.395. The Morgan fingerprint density at radius 1 is 1.71 bits per heavy atom. The molecule has 0 aromatic heterocycles. The van der Waals surface area contributed by atoms with Crippen LogP contribution in [0, 0.1) is 6.92 Å². The molecule has 0 bridgehead atoms. The van der Waals surface area contributed by atoms with Gasteiger partial charge in [0.25, 0.3) is 0 Å². The van der Waals surface area contributed by atoms with Gasteiger partial charge in [-0.1, -0.05) is 0 Å². The van der Waals surface area contributed by atoms with Gasteiger partial charge in [-0.25, -0.2) is 0 Å². The molecule has 1 heterocycles. The van der Waals surface area contributed by atoms with Crippen molar-refractivity contribution >= 4 is 11.8 Å². The van der Waals surface area contributed by atoms with Crippen molar-refractivity contribution in [1.82, 2.24) is 4.90 Å². The van der Waals surface area contributed by atoms with E-state index in [1.165, 1.54) is 18.2 Å². The van der Waals surface area contributed by atoms with Crippen LogP contribution in [0.3, 0.4) is 0 Å². The summed E-state index contributed by atoms with van der Waals surface area (Å²) in [6.45, 7) is 6.00. The van der Waals surface area contributed by atoms with Gasteiger partial charge in [0.05, 0.1) is 0 Å². The van der Waals surface area contributed by atoms with E-state index >= 15 is 0 Å². The highest BCUT2D eigenvalue weighted by molar-refractivity contribution is 7.99. The molecule has 0 aromatic rings. The second kappa shape index (κ2) is 2.58. The number of rotatable bonds is 1.